The van der Waals surface area contributed by atoms with Crippen LogP contribution in [0.1, 0.15) is 42.8 Å². The smallest absolute Gasteiger partial charge is 0.150 e. The van der Waals surface area contributed by atoms with E-state index in [1.54, 1.807) is 18.5 Å². The van der Waals surface area contributed by atoms with Crippen molar-refractivity contribution in [3.05, 3.63) is 59.7 Å². The highest BCUT2D eigenvalue weighted by Crippen LogP contribution is 2.21. The third kappa shape index (κ3) is 2.72. The van der Waals surface area contributed by atoms with Crippen LogP contribution >= 0.6 is 0 Å². The largest absolute Gasteiger partial charge is 0.270 e. The number of nitrogens with zero attached hydrogens (tertiary/aromatic N) is 2. The standard InChI is InChI=1S/C14H18N4/c1-10(2)11-4-6-12(7-5-11)13(18-15)14-16-8-3-9-17-14/h3-10,13,18H,15H2,1-2H3. The molecule has 2 aromatic rings. The molecule has 1 aromatic carbocycles. The first-order valence-electron chi connectivity index (χ1n) is 6.05. The number of hydrogen-bond donors (Lipinski definition) is 2. The van der Waals surface area contributed by atoms with Gasteiger partial charge in [0, 0.05) is 12.4 Å². The normalized spacial score (nSPS) is 12.7. The molecule has 0 spiro atoms. The molecule has 0 bridgehead atoms. The minimum Gasteiger partial charge on any atom is -0.270 e. The molecule has 0 fully saturated rings. The average molecular weight is 242 g/mol. The second-order valence-electron chi connectivity index (χ2n) is 4.53. The van der Waals surface area contributed by atoms with Gasteiger partial charge in [0.05, 0.1) is 0 Å². The summed E-state index contributed by atoms with van der Waals surface area (Å²) in [7, 11) is 0. The van der Waals surface area contributed by atoms with E-state index in [9.17, 15) is 0 Å². The molecule has 4 heteroatoms. The molecule has 1 heterocycles. The van der Waals surface area contributed by atoms with E-state index in [0.29, 0.717) is 11.7 Å². The summed E-state index contributed by atoms with van der Waals surface area (Å²) in [6, 6.07) is 9.98. The van der Waals surface area contributed by atoms with E-state index in [1.807, 2.05) is 0 Å². The summed E-state index contributed by atoms with van der Waals surface area (Å²) in [5, 5.41) is 0. The predicted octanol–water partition coefficient (Wildman–Crippen LogP) is 2.15. The molecule has 0 aliphatic heterocycles. The quantitative estimate of drug-likeness (QED) is 0.637. The number of rotatable bonds is 4. The van der Waals surface area contributed by atoms with Crippen molar-refractivity contribution in [2.45, 2.75) is 25.8 Å². The van der Waals surface area contributed by atoms with Crippen LogP contribution in [-0.4, -0.2) is 9.97 Å². The summed E-state index contributed by atoms with van der Waals surface area (Å²) < 4.78 is 0. The van der Waals surface area contributed by atoms with Gasteiger partial charge in [0.15, 0.2) is 5.82 Å². The van der Waals surface area contributed by atoms with E-state index in [2.05, 4.69) is 53.5 Å². The van der Waals surface area contributed by atoms with Crippen LogP contribution in [0.15, 0.2) is 42.7 Å². The highest BCUT2D eigenvalue weighted by molar-refractivity contribution is 5.29. The Balaban J connectivity index is 2.28. The molecular weight excluding hydrogens is 224 g/mol. The van der Waals surface area contributed by atoms with Gasteiger partial charge < -0.3 is 0 Å². The van der Waals surface area contributed by atoms with Gasteiger partial charge in [-0.2, -0.15) is 0 Å². The van der Waals surface area contributed by atoms with E-state index < -0.39 is 0 Å². The third-order valence-electron chi connectivity index (χ3n) is 2.95. The van der Waals surface area contributed by atoms with Crippen LogP contribution in [0.4, 0.5) is 0 Å². The number of hydrogen-bond acceptors (Lipinski definition) is 4. The molecule has 3 N–H and O–H groups in total. The van der Waals surface area contributed by atoms with Crippen molar-refractivity contribution < 1.29 is 0 Å². The minimum atomic E-state index is -0.174. The Morgan fingerprint density at radius 1 is 1.00 bits per heavy atom. The Bertz CT molecular complexity index is 479. The Morgan fingerprint density at radius 3 is 2.06 bits per heavy atom. The van der Waals surface area contributed by atoms with Crippen molar-refractivity contribution in [3.63, 3.8) is 0 Å². The van der Waals surface area contributed by atoms with Gasteiger partial charge in [-0.1, -0.05) is 38.1 Å². The van der Waals surface area contributed by atoms with E-state index >= 15 is 0 Å². The molecule has 1 atom stereocenters. The monoisotopic (exact) mass is 242 g/mol. The highest BCUT2D eigenvalue weighted by Gasteiger charge is 2.14. The summed E-state index contributed by atoms with van der Waals surface area (Å²) in [5.74, 6) is 6.81. The van der Waals surface area contributed by atoms with Gasteiger partial charge in [-0.25, -0.2) is 15.4 Å². The number of aromatic nitrogens is 2. The van der Waals surface area contributed by atoms with E-state index in [1.165, 1.54) is 5.56 Å². The molecule has 0 aliphatic carbocycles. The fraction of sp³-hybridized carbons (Fsp3) is 0.286. The lowest BCUT2D eigenvalue weighted by Crippen LogP contribution is -2.30. The van der Waals surface area contributed by atoms with Crippen LogP contribution in [0.25, 0.3) is 0 Å². The lowest BCUT2D eigenvalue weighted by Gasteiger charge is -2.15. The van der Waals surface area contributed by atoms with Gasteiger partial charge in [-0.05, 0) is 23.1 Å². The zero-order valence-electron chi connectivity index (χ0n) is 10.7. The second-order valence-corrected chi connectivity index (χ2v) is 4.53. The van der Waals surface area contributed by atoms with Gasteiger partial charge in [0.2, 0.25) is 0 Å². The molecule has 94 valence electrons. The van der Waals surface area contributed by atoms with Gasteiger partial charge in [-0.15, -0.1) is 0 Å². The fourth-order valence-corrected chi connectivity index (χ4v) is 1.85. The number of benzene rings is 1. The van der Waals surface area contributed by atoms with Crippen LogP contribution in [0.3, 0.4) is 0 Å². The number of hydrazine groups is 1. The zero-order valence-corrected chi connectivity index (χ0v) is 10.7. The van der Waals surface area contributed by atoms with Crippen LogP contribution in [-0.2, 0) is 0 Å². The van der Waals surface area contributed by atoms with Crippen LogP contribution in [0, 0.1) is 0 Å². The molecule has 0 saturated heterocycles. The van der Waals surface area contributed by atoms with Gasteiger partial charge in [0.1, 0.15) is 6.04 Å². The lowest BCUT2D eigenvalue weighted by atomic mass is 9.99. The molecule has 1 aromatic heterocycles. The van der Waals surface area contributed by atoms with E-state index in [4.69, 9.17) is 5.84 Å². The molecule has 0 amide bonds. The number of nitrogens with one attached hydrogen (secondary N) is 1. The zero-order chi connectivity index (χ0) is 13.0. The van der Waals surface area contributed by atoms with E-state index in [0.717, 1.165) is 5.56 Å². The maximum absolute atomic E-state index is 5.60. The first kappa shape index (κ1) is 12.7. The van der Waals surface area contributed by atoms with Crippen molar-refractivity contribution in [1.29, 1.82) is 0 Å². The molecule has 18 heavy (non-hydrogen) atoms. The Morgan fingerprint density at radius 2 is 1.56 bits per heavy atom. The maximum atomic E-state index is 5.60. The van der Waals surface area contributed by atoms with Crippen molar-refractivity contribution in [1.82, 2.24) is 15.4 Å². The third-order valence-corrected chi connectivity index (χ3v) is 2.95. The lowest BCUT2D eigenvalue weighted by molar-refractivity contribution is 0.601. The van der Waals surface area contributed by atoms with Crippen LogP contribution in [0.2, 0.25) is 0 Å². The molecule has 4 nitrogen and oxygen atoms in total. The summed E-state index contributed by atoms with van der Waals surface area (Å²) in [4.78, 5) is 8.46. The first-order valence-corrected chi connectivity index (χ1v) is 6.05. The highest BCUT2D eigenvalue weighted by atomic mass is 15.2. The van der Waals surface area contributed by atoms with Crippen molar-refractivity contribution >= 4 is 0 Å². The topological polar surface area (TPSA) is 63.8 Å². The van der Waals surface area contributed by atoms with Gasteiger partial charge in [0.25, 0.3) is 0 Å². The van der Waals surface area contributed by atoms with Crippen LogP contribution < -0.4 is 11.3 Å². The maximum Gasteiger partial charge on any atom is 0.150 e. The molecule has 0 aliphatic rings. The average Bonchev–Trinajstić information content (AvgIpc) is 2.41. The van der Waals surface area contributed by atoms with Gasteiger partial charge >= 0.3 is 0 Å². The molecule has 0 radical (unpaired) electrons. The Kier molecular flexibility index (Phi) is 4.02. The SMILES string of the molecule is CC(C)c1ccc(C(NN)c2ncccn2)cc1. The van der Waals surface area contributed by atoms with Crippen LogP contribution in [0.5, 0.6) is 0 Å². The van der Waals surface area contributed by atoms with Crippen molar-refractivity contribution in [2.24, 2.45) is 5.84 Å². The van der Waals surface area contributed by atoms with Gasteiger partial charge in [-0.3, -0.25) is 5.84 Å². The second kappa shape index (κ2) is 5.71. The molecule has 0 saturated carbocycles. The summed E-state index contributed by atoms with van der Waals surface area (Å²) >= 11 is 0. The summed E-state index contributed by atoms with van der Waals surface area (Å²) in [6.45, 7) is 4.35. The van der Waals surface area contributed by atoms with Crippen molar-refractivity contribution in [2.75, 3.05) is 0 Å². The first-order chi connectivity index (χ1) is 8.72. The summed E-state index contributed by atoms with van der Waals surface area (Å²) in [5.41, 5.74) is 5.13. The Labute approximate surface area is 107 Å². The number of nitrogens with two attached hydrogens (primary N) is 1. The van der Waals surface area contributed by atoms with E-state index in [-0.39, 0.29) is 6.04 Å². The van der Waals surface area contributed by atoms with Crippen molar-refractivity contribution in [3.8, 4) is 0 Å². The predicted molar refractivity (Wildman–Crippen MR) is 71.7 cm³/mol. The Hall–Kier alpha value is -1.78. The molecular formula is C14H18N4. The fourth-order valence-electron chi connectivity index (χ4n) is 1.85. The minimum absolute atomic E-state index is 0.174. The summed E-state index contributed by atoms with van der Waals surface area (Å²) in [6.07, 6.45) is 3.43. The molecule has 1 unspecified atom stereocenters. The molecule has 2 rings (SSSR count).